The van der Waals surface area contributed by atoms with Gasteiger partial charge in [-0.25, -0.2) is 12.8 Å². The molecule has 0 unspecified atom stereocenters. The van der Waals surface area contributed by atoms with Crippen LogP contribution in [0.15, 0.2) is 24.3 Å². The number of sulfone groups is 1. The molecule has 1 aromatic carbocycles. The smallest absolute Gasteiger partial charge is 0.157 e. The van der Waals surface area contributed by atoms with Gasteiger partial charge in [0.15, 0.2) is 9.84 Å². The van der Waals surface area contributed by atoms with Crippen LogP contribution < -0.4 is 0 Å². The summed E-state index contributed by atoms with van der Waals surface area (Å²) in [6, 6.07) is 7.47. The van der Waals surface area contributed by atoms with Crippen molar-refractivity contribution in [2.24, 2.45) is 0 Å². The number of halogens is 1. The fourth-order valence-electron chi connectivity index (χ4n) is 1.87. The number of nitrogens with zero attached hydrogens (tertiary/aromatic N) is 1. The van der Waals surface area contributed by atoms with Crippen LogP contribution in [-0.4, -0.2) is 14.2 Å². The lowest BCUT2D eigenvalue weighted by atomic mass is 10.1. The molecule has 0 N–H and O–H groups in total. The Kier molecular flexibility index (Phi) is 5.29. The van der Waals surface area contributed by atoms with Crippen molar-refractivity contribution in [1.82, 2.24) is 0 Å². The second-order valence-electron chi connectivity index (χ2n) is 4.08. The molecular formula is C13H16FNO2S. The van der Waals surface area contributed by atoms with Gasteiger partial charge in [0.05, 0.1) is 17.1 Å². The van der Waals surface area contributed by atoms with Crippen LogP contribution in [-0.2, 0) is 9.84 Å². The normalized spacial score (nSPS) is 12.9. The molecule has 1 atom stereocenters. The average Bonchev–Trinajstić information content (AvgIpc) is 2.32. The number of hydrogen-bond acceptors (Lipinski definition) is 3. The quantitative estimate of drug-likeness (QED) is 0.746. The summed E-state index contributed by atoms with van der Waals surface area (Å²) in [5, 5.41) is 7.81. The van der Waals surface area contributed by atoms with Crippen LogP contribution in [0.5, 0.6) is 0 Å². The van der Waals surface area contributed by atoms with Crippen molar-refractivity contribution in [3.63, 3.8) is 0 Å². The van der Waals surface area contributed by atoms with E-state index in [1.807, 2.05) is 6.07 Å². The lowest BCUT2D eigenvalue weighted by Gasteiger charge is -2.16. The van der Waals surface area contributed by atoms with Gasteiger partial charge < -0.3 is 0 Å². The van der Waals surface area contributed by atoms with Gasteiger partial charge in [0.1, 0.15) is 5.82 Å². The molecule has 0 fully saturated rings. The van der Waals surface area contributed by atoms with E-state index in [1.165, 1.54) is 24.3 Å². The van der Waals surface area contributed by atoms with Crippen LogP contribution in [0.4, 0.5) is 4.39 Å². The Morgan fingerprint density at radius 3 is 2.44 bits per heavy atom. The first-order valence-corrected chi connectivity index (χ1v) is 7.56. The molecule has 1 aromatic rings. The van der Waals surface area contributed by atoms with E-state index in [1.54, 1.807) is 6.92 Å². The van der Waals surface area contributed by atoms with Crippen molar-refractivity contribution in [2.75, 3.05) is 5.75 Å². The highest BCUT2D eigenvalue weighted by Gasteiger charge is 2.24. The highest BCUT2D eigenvalue weighted by Crippen LogP contribution is 2.27. The minimum absolute atomic E-state index is 0.00353. The molecular weight excluding hydrogens is 253 g/mol. The van der Waals surface area contributed by atoms with E-state index in [-0.39, 0.29) is 18.0 Å². The standard InChI is InChI=1S/C13H16FNO2S/c1-2-13(11-5-7-12(14)8-6-11)18(16,17)10-4-3-9-15/h5-8,13H,2-4,10H2,1H3/t13-/m1/s1. The van der Waals surface area contributed by atoms with E-state index in [2.05, 4.69) is 0 Å². The summed E-state index contributed by atoms with van der Waals surface area (Å²) in [6.07, 6.45) is 1.02. The summed E-state index contributed by atoms with van der Waals surface area (Å²) in [5.74, 6) is -0.383. The molecule has 3 nitrogen and oxygen atoms in total. The van der Waals surface area contributed by atoms with Gasteiger partial charge in [-0.05, 0) is 30.5 Å². The molecule has 0 aliphatic carbocycles. The van der Waals surface area contributed by atoms with Crippen molar-refractivity contribution < 1.29 is 12.8 Å². The van der Waals surface area contributed by atoms with Gasteiger partial charge in [0, 0.05) is 6.42 Å². The highest BCUT2D eigenvalue weighted by molar-refractivity contribution is 7.91. The van der Waals surface area contributed by atoms with Crippen molar-refractivity contribution in [1.29, 1.82) is 5.26 Å². The molecule has 0 aromatic heterocycles. The van der Waals surface area contributed by atoms with E-state index in [0.717, 1.165) is 0 Å². The third-order valence-electron chi connectivity index (χ3n) is 2.76. The lowest BCUT2D eigenvalue weighted by molar-refractivity contribution is 0.576. The second kappa shape index (κ2) is 6.50. The summed E-state index contributed by atoms with van der Waals surface area (Å²) >= 11 is 0. The van der Waals surface area contributed by atoms with E-state index in [0.29, 0.717) is 18.4 Å². The molecule has 0 amide bonds. The van der Waals surface area contributed by atoms with Gasteiger partial charge in [-0.1, -0.05) is 19.1 Å². The van der Waals surface area contributed by atoms with E-state index in [9.17, 15) is 12.8 Å². The van der Waals surface area contributed by atoms with Crippen molar-refractivity contribution in [3.8, 4) is 6.07 Å². The van der Waals surface area contributed by atoms with E-state index < -0.39 is 15.1 Å². The van der Waals surface area contributed by atoms with Crippen LogP contribution >= 0.6 is 0 Å². The fourth-order valence-corrected chi connectivity index (χ4v) is 3.78. The maximum atomic E-state index is 12.8. The number of benzene rings is 1. The zero-order valence-electron chi connectivity index (χ0n) is 10.3. The van der Waals surface area contributed by atoms with Crippen LogP contribution in [0.25, 0.3) is 0 Å². The topological polar surface area (TPSA) is 57.9 Å². The first-order chi connectivity index (χ1) is 8.51. The third kappa shape index (κ3) is 3.81. The maximum Gasteiger partial charge on any atom is 0.157 e. The van der Waals surface area contributed by atoms with Gasteiger partial charge >= 0.3 is 0 Å². The number of unbranched alkanes of at least 4 members (excludes halogenated alkanes) is 1. The lowest BCUT2D eigenvalue weighted by Crippen LogP contribution is -2.16. The highest BCUT2D eigenvalue weighted by atomic mass is 32.2. The Bertz CT molecular complexity index is 517. The Labute approximate surface area is 107 Å². The minimum Gasteiger partial charge on any atom is -0.228 e. The number of rotatable bonds is 6. The molecule has 98 valence electrons. The summed E-state index contributed by atoms with van der Waals surface area (Å²) in [5.41, 5.74) is 0.607. The molecule has 0 radical (unpaired) electrons. The molecule has 18 heavy (non-hydrogen) atoms. The summed E-state index contributed by atoms with van der Waals surface area (Å²) in [4.78, 5) is 0. The predicted octanol–water partition coefficient (Wildman–Crippen LogP) is 3.00. The Hall–Kier alpha value is -1.41. The SMILES string of the molecule is CC[C@H](c1ccc(F)cc1)S(=O)(=O)CCCC#N. The number of nitriles is 1. The molecule has 0 saturated heterocycles. The first kappa shape index (κ1) is 14.7. The van der Waals surface area contributed by atoms with Crippen molar-refractivity contribution >= 4 is 9.84 Å². The summed E-state index contributed by atoms with van der Waals surface area (Å²) < 4.78 is 37.1. The van der Waals surface area contributed by atoms with Crippen LogP contribution in [0.1, 0.15) is 37.0 Å². The van der Waals surface area contributed by atoms with E-state index in [4.69, 9.17) is 5.26 Å². The Morgan fingerprint density at radius 2 is 1.94 bits per heavy atom. The fraction of sp³-hybridized carbons (Fsp3) is 0.462. The molecule has 0 spiro atoms. The molecule has 0 heterocycles. The maximum absolute atomic E-state index is 12.8. The molecule has 0 aliphatic rings. The predicted molar refractivity (Wildman–Crippen MR) is 68.1 cm³/mol. The molecule has 0 aliphatic heterocycles. The summed E-state index contributed by atoms with van der Waals surface area (Å²) in [6.45, 7) is 1.79. The van der Waals surface area contributed by atoms with Crippen LogP contribution in [0.2, 0.25) is 0 Å². The Morgan fingerprint density at radius 1 is 1.33 bits per heavy atom. The summed E-state index contributed by atoms with van der Waals surface area (Å²) in [7, 11) is -3.28. The van der Waals surface area contributed by atoms with Crippen LogP contribution in [0, 0.1) is 17.1 Å². The van der Waals surface area contributed by atoms with Gasteiger partial charge in [-0.2, -0.15) is 5.26 Å². The third-order valence-corrected chi connectivity index (χ3v) is 5.09. The van der Waals surface area contributed by atoms with Crippen molar-refractivity contribution in [3.05, 3.63) is 35.6 Å². The van der Waals surface area contributed by atoms with Gasteiger partial charge in [0.25, 0.3) is 0 Å². The first-order valence-electron chi connectivity index (χ1n) is 5.85. The van der Waals surface area contributed by atoms with Gasteiger partial charge in [-0.3, -0.25) is 0 Å². The zero-order chi connectivity index (χ0) is 13.6. The number of hydrogen-bond donors (Lipinski definition) is 0. The van der Waals surface area contributed by atoms with Crippen molar-refractivity contribution in [2.45, 2.75) is 31.4 Å². The largest absolute Gasteiger partial charge is 0.228 e. The average molecular weight is 269 g/mol. The monoisotopic (exact) mass is 269 g/mol. The van der Waals surface area contributed by atoms with Crippen LogP contribution in [0.3, 0.4) is 0 Å². The van der Waals surface area contributed by atoms with Gasteiger partial charge in [-0.15, -0.1) is 0 Å². The molecule has 5 heteroatoms. The molecule has 0 bridgehead atoms. The minimum atomic E-state index is -3.28. The molecule has 1 rings (SSSR count). The molecule has 0 saturated carbocycles. The van der Waals surface area contributed by atoms with E-state index >= 15 is 0 Å². The Balaban J connectivity index is 2.89. The zero-order valence-corrected chi connectivity index (χ0v) is 11.1. The van der Waals surface area contributed by atoms with Gasteiger partial charge in [0.2, 0.25) is 0 Å². The second-order valence-corrected chi connectivity index (χ2v) is 6.38.